The van der Waals surface area contributed by atoms with Gasteiger partial charge in [0, 0.05) is 37.1 Å². The first kappa shape index (κ1) is 16.2. The molecule has 3 heterocycles. The molecule has 3 aromatic rings. The first-order valence-electron chi connectivity index (χ1n) is 8.13. The summed E-state index contributed by atoms with van der Waals surface area (Å²) >= 11 is 0. The molecule has 0 spiro atoms. The molecule has 0 fully saturated rings. The van der Waals surface area contributed by atoms with Crippen molar-refractivity contribution in [3.05, 3.63) is 53.1 Å². The summed E-state index contributed by atoms with van der Waals surface area (Å²) in [4.78, 5) is 14.9. The first-order valence-corrected chi connectivity index (χ1v) is 8.13. The maximum Gasteiger partial charge on any atom is 0.274 e. The lowest BCUT2D eigenvalue weighted by molar-refractivity contribution is 0.0683. The minimum absolute atomic E-state index is 0.0589. The third-order valence-electron chi connectivity index (χ3n) is 4.46. The summed E-state index contributed by atoms with van der Waals surface area (Å²) in [6.45, 7) is 8.60. The van der Waals surface area contributed by atoms with Crippen molar-refractivity contribution in [3.63, 3.8) is 0 Å². The molecule has 0 saturated heterocycles. The van der Waals surface area contributed by atoms with Crippen molar-refractivity contribution in [2.45, 2.75) is 40.3 Å². The predicted octanol–water partition coefficient (Wildman–Crippen LogP) is 2.74. The second kappa shape index (κ2) is 6.11. The third-order valence-corrected chi connectivity index (χ3v) is 4.46. The Kier molecular flexibility index (Phi) is 4.13. The van der Waals surface area contributed by atoms with Crippen molar-refractivity contribution in [2.24, 2.45) is 7.05 Å². The van der Waals surface area contributed by atoms with Gasteiger partial charge in [0.25, 0.3) is 5.91 Å². The molecular weight excluding hydrogens is 302 g/mol. The number of carbonyl (C=O) groups is 1. The van der Waals surface area contributed by atoms with E-state index < -0.39 is 0 Å². The lowest BCUT2D eigenvalue weighted by Crippen LogP contribution is -2.37. The SMILES string of the molecule is Cc1nn(C)c(C)c1CN(C(=O)c1cc2ccccn2n1)C(C)C. The Morgan fingerprint density at radius 3 is 2.58 bits per heavy atom. The summed E-state index contributed by atoms with van der Waals surface area (Å²) < 4.78 is 3.59. The standard InChI is InChI=1S/C18H23N5O/c1-12(2)22(11-16-13(3)19-21(5)14(16)4)18(24)17-10-15-8-6-7-9-23(15)20-17/h6-10,12H,11H2,1-5H3. The molecule has 0 aromatic carbocycles. The Morgan fingerprint density at radius 2 is 2.00 bits per heavy atom. The van der Waals surface area contributed by atoms with Gasteiger partial charge in [0.2, 0.25) is 0 Å². The second-order valence-corrected chi connectivity index (χ2v) is 6.40. The van der Waals surface area contributed by atoms with Crippen LogP contribution < -0.4 is 0 Å². The monoisotopic (exact) mass is 325 g/mol. The summed E-state index contributed by atoms with van der Waals surface area (Å²) in [5.41, 5.74) is 4.53. The maximum atomic E-state index is 13.0. The fourth-order valence-electron chi connectivity index (χ4n) is 2.90. The highest BCUT2D eigenvalue weighted by molar-refractivity contribution is 5.93. The Morgan fingerprint density at radius 1 is 1.25 bits per heavy atom. The normalized spacial score (nSPS) is 11.4. The van der Waals surface area contributed by atoms with E-state index in [0.717, 1.165) is 22.5 Å². The van der Waals surface area contributed by atoms with Crippen LogP contribution in [0.1, 0.15) is 41.3 Å². The minimum atomic E-state index is -0.0589. The van der Waals surface area contributed by atoms with Crippen LogP contribution in [0.25, 0.3) is 5.52 Å². The van der Waals surface area contributed by atoms with Gasteiger partial charge in [-0.25, -0.2) is 4.52 Å². The van der Waals surface area contributed by atoms with Gasteiger partial charge in [0.1, 0.15) is 0 Å². The smallest absolute Gasteiger partial charge is 0.274 e. The van der Waals surface area contributed by atoms with Crippen molar-refractivity contribution in [1.29, 1.82) is 0 Å². The molecule has 0 N–H and O–H groups in total. The quantitative estimate of drug-likeness (QED) is 0.741. The van der Waals surface area contributed by atoms with E-state index in [1.54, 1.807) is 4.52 Å². The largest absolute Gasteiger partial charge is 0.330 e. The molecule has 0 unspecified atom stereocenters. The molecule has 24 heavy (non-hydrogen) atoms. The predicted molar refractivity (Wildman–Crippen MR) is 92.9 cm³/mol. The summed E-state index contributed by atoms with van der Waals surface area (Å²) in [5.74, 6) is -0.0589. The van der Waals surface area contributed by atoms with E-state index in [1.165, 1.54) is 0 Å². The number of amides is 1. The highest BCUT2D eigenvalue weighted by Gasteiger charge is 2.24. The van der Waals surface area contributed by atoms with Gasteiger partial charge in [-0.15, -0.1) is 0 Å². The molecular formula is C18H23N5O. The molecule has 3 rings (SSSR count). The molecule has 6 nitrogen and oxygen atoms in total. The van der Waals surface area contributed by atoms with E-state index in [-0.39, 0.29) is 11.9 Å². The van der Waals surface area contributed by atoms with E-state index in [2.05, 4.69) is 10.2 Å². The number of fused-ring (bicyclic) bond motifs is 1. The minimum Gasteiger partial charge on any atom is -0.330 e. The average molecular weight is 325 g/mol. The number of pyridine rings is 1. The lowest BCUT2D eigenvalue weighted by atomic mass is 10.1. The van der Waals surface area contributed by atoms with Gasteiger partial charge in [-0.05, 0) is 45.9 Å². The molecule has 0 atom stereocenters. The van der Waals surface area contributed by atoms with Crippen molar-refractivity contribution < 1.29 is 4.79 Å². The van der Waals surface area contributed by atoms with E-state index in [4.69, 9.17) is 0 Å². The molecule has 126 valence electrons. The maximum absolute atomic E-state index is 13.0. The lowest BCUT2D eigenvalue weighted by Gasteiger charge is -2.26. The molecule has 0 saturated carbocycles. The van der Waals surface area contributed by atoms with Crippen molar-refractivity contribution in [3.8, 4) is 0 Å². The number of hydrogen-bond donors (Lipinski definition) is 0. The van der Waals surface area contributed by atoms with Crippen molar-refractivity contribution >= 4 is 11.4 Å². The second-order valence-electron chi connectivity index (χ2n) is 6.40. The highest BCUT2D eigenvalue weighted by Crippen LogP contribution is 2.19. The number of nitrogens with zero attached hydrogens (tertiary/aromatic N) is 5. The Balaban J connectivity index is 1.94. The highest BCUT2D eigenvalue weighted by atomic mass is 16.2. The zero-order valence-corrected chi connectivity index (χ0v) is 14.8. The van der Waals surface area contributed by atoms with Crippen molar-refractivity contribution in [1.82, 2.24) is 24.3 Å². The van der Waals surface area contributed by atoms with Crippen LogP contribution in [0.4, 0.5) is 0 Å². The number of hydrogen-bond acceptors (Lipinski definition) is 3. The van der Waals surface area contributed by atoms with E-state index in [1.807, 2.05) is 74.8 Å². The van der Waals surface area contributed by atoms with Crippen LogP contribution >= 0.6 is 0 Å². The molecule has 6 heteroatoms. The van der Waals surface area contributed by atoms with E-state index in [0.29, 0.717) is 12.2 Å². The Bertz CT molecular complexity index is 857. The Labute approximate surface area is 141 Å². The molecule has 1 amide bonds. The number of aromatic nitrogens is 4. The molecule has 0 aliphatic carbocycles. The Hall–Kier alpha value is -2.63. The van der Waals surface area contributed by atoms with Crippen molar-refractivity contribution in [2.75, 3.05) is 0 Å². The van der Waals surface area contributed by atoms with Gasteiger partial charge in [0.05, 0.1) is 11.2 Å². The summed E-state index contributed by atoms with van der Waals surface area (Å²) in [6, 6.07) is 7.69. The van der Waals surface area contributed by atoms with Crippen LogP contribution in [0, 0.1) is 13.8 Å². The molecule has 0 aliphatic heterocycles. The molecule has 3 aromatic heterocycles. The van der Waals surface area contributed by atoms with Gasteiger partial charge >= 0.3 is 0 Å². The van der Waals surface area contributed by atoms with Crippen LogP contribution in [0.5, 0.6) is 0 Å². The number of rotatable bonds is 4. The van der Waals surface area contributed by atoms with Gasteiger partial charge in [-0.2, -0.15) is 10.2 Å². The number of carbonyl (C=O) groups excluding carboxylic acids is 1. The van der Waals surface area contributed by atoms with Gasteiger partial charge < -0.3 is 4.90 Å². The van der Waals surface area contributed by atoms with Crippen LogP contribution in [-0.2, 0) is 13.6 Å². The average Bonchev–Trinajstić information content (AvgIpc) is 3.07. The number of aryl methyl sites for hydroxylation is 2. The molecule has 0 bridgehead atoms. The zero-order valence-electron chi connectivity index (χ0n) is 14.8. The summed E-state index contributed by atoms with van der Waals surface area (Å²) in [5, 5.41) is 8.86. The molecule has 0 aliphatic rings. The van der Waals surface area contributed by atoms with E-state index in [9.17, 15) is 4.79 Å². The van der Waals surface area contributed by atoms with Gasteiger partial charge in [-0.1, -0.05) is 6.07 Å². The zero-order chi connectivity index (χ0) is 17.4. The topological polar surface area (TPSA) is 55.4 Å². The third kappa shape index (κ3) is 2.79. The van der Waals surface area contributed by atoms with Crippen LogP contribution in [0.2, 0.25) is 0 Å². The van der Waals surface area contributed by atoms with Gasteiger partial charge in [-0.3, -0.25) is 9.48 Å². The summed E-state index contributed by atoms with van der Waals surface area (Å²) in [7, 11) is 1.93. The van der Waals surface area contributed by atoms with Crippen LogP contribution in [0.3, 0.4) is 0 Å². The van der Waals surface area contributed by atoms with E-state index >= 15 is 0 Å². The molecule has 0 radical (unpaired) electrons. The van der Waals surface area contributed by atoms with Gasteiger partial charge in [0.15, 0.2) is 5.69 Å². The summed E-state index contributed by atoms with van der Waals surface area (Å²) in [6.07, 6.45) is 1.85. The fraction of sp³-hybridized carbons (Fsp3) is 0.389. The first-order chi connectivity index (χ1) is 11.4. The van der Waals surface area contributed by atoms with Crippen LogP contribution in [-0.4, -0.2) is 36.2 Å². The van der Waals surface area contributed by atoms with Crippen LogP contribution in [0.15, 0.2) is 30.5 Å². The fourth-order valence-corrected chi connectivity index (χ4v) is 2.90.